The number of sulfonamides is 1. The van der Waals surface area contributed by atoms with E-state index in [9.17, 15) is 13.2 Å². The highest BCUT2D eigenvalue weighted by Gasteiger charge is 2.27. The van der Waals surface area contributed by atoms with Crippen LogP contribution in [0, 0.1) is 0 Å². The lowest BCUT2D eigenvalue weighted by Crippen LogP contribution is -2.44. The van der Waals surface area contributed by atoms with Gasteiger partial charge in [-0.2, -0.15) is 4.31 Å². The predicted octanol–water partition coefficient (Wildman–Crippen LogP) is 2.79. The first-order chi connectivity index (χ1) is 12.8. The number of amides is 1. The molecule has 1 amide bonds. The van der Waals surface area contributed by atoms with E-state index in [0.29, 0.717) is 6.61 Å². The molecule has 0 spiro atoms. The highest BCUT2D eigenvalue weighted by atomic mass is 79.9. The number of benzene rings is 2. The number of nitrogens with zero attached hydrogens (tertiary/aromatic N) is 1. The first kappa shape index (κ1) is 21.6. The quantitative estimate of drug-likeness (QED) is 0.631. The van der Waals surface area contributed by atoms with Crippen molar-refractivity contribution in [1.82, 2.24) is 9.62 Å². The number of hydrogen-bond donors (Lipinski definition) is 1. The molecule has 0 radical (unpaired) electrons. The first-order valence-corrected chi connectivity index (χ1v) is 10.6. The third-order valence-electron chi connectivity index (χ3n) is 3.80. The van der Waals surface area contributed by atoms with Gasteiger partial charge in [-0.05, 0) is 36.8 Å². The molecule has 1 N–H and O–H groups in total. The molecule has 0 fully saturated rings. The van der Waals surface area contributed by atoms with Crippen LogP contribution in [-0.2, 0) is 26.1 Å². The van der Waals surface area contributed by atoms with Crippen molar-refractivity contribution in [1.29, 1.82) is 0 Å². The number of hydrogen-bond acceptors (Lipinski definition) is 4. The normalized spacial score (nSPS) is 12.7. The van der Waals surface area contributed by atoms with Crippen LogP contribution in [0.2, 0.25) is 0 Å². The smallest absolute Gasteiger partial charge is 0.243 e. The maximum atomic E-state index is 13.1. The highest BCUT2D eigenvalue weighted by molar-refractivity contribution is 9.10. The van der Waals surface area contributed by atoms with Gasteiger partial charge in [-0.15, -0.1) is 0 Å². The zero-order chi connectivity index (χ0) is 19.9. The van der Waals surface area contributed by atoms with Crippen molar-refractivity contribution >= 4 is 31.9 Å². The van der Waals surface area contributed by atoms with Crippen LogP contribution in [-0.4, -0.2) is 44.9 Å². The second kappa shape index (κ2) is 9.98. The molecule has 2 rings (SSSR count). The van der Waals surface area contributed by atoms with Crippen LogP contribution in [0.25, 0.3) is 0 Å². The van der Waals surface area contributed by atoms with Gasteiger partial charge in [-0.3, -0.25) is 4.79 Å². The summed E-state index contributed by atoms with van der Waals surface area (Å²) in [4.78, 5) is 12.5. The van der Waals surface area contributed by atoms with Crippen molar-refractivity contribution in [3.05, 3.63) is 64.6 Å². The number of methoxy groups -OCH3 is 1. The molecule has 0 aliphatic rings. The fraction of sp³-hybridized carbons (Fsp3) is 0.316. The SMILES string of the molecule is COC[C@H](C)NC(=O)CN(Cc1ccccc1)S(=O)(=O)c1ccc(Br)cc1. The van der Waals surface area contributed by atoms with E-state index in [1.165, 1.54) is 16.4 Å². The van der Waals surface area contributed by atoms with Gasteiger partial charge in [0.15, 0.2) is 0 Å². The van der Waals surface area contributed by atoms with Gasteiger partial charge in [-0.1, -0.05) is 46.3 Å². The number of ether oxygens (including phenoxy) is 1. The lowest BCUT2D eigenvalue weighted by molar-refractivity contribution is -0.122. The van der Waals surface area contributed by atoms with Gasteiger partial charge < -0.3 is 10.1 Å². The summed E-state index contributed by atoms with van der Waals surface area (Å²) in [6.45, 7) is 1.97. The average Bonchev–Trinajstić information content (AvgIpc) is 2.62. The number of halogens is 1. The molecule has 2 aromatic carbocycles. The van der Waals surface area contributed by atoms with Crippen molar-refractivity contribution in [3.63, 3.8) is 0 Å². The monoisotopic (exact) mass is 454 g/mol. The van der Waals surface area contributed by atoms with Crippen LogP contribution >= 0.6 is 15.9 Å². The van der Waals surface area contributed by atoms with Crippen LogP contribution in [0.5, 0.6) is 0 Å². The molecule has 0 heterocycles. The van der Waals surface area contributed by atoms with Crippen molar-refractivity contribution in [2.45, 2.75) is 24.4 Å². The minimum Gasteiger partial charge on any atom is -0.383 e. The summed E-state index contributed by atoms with van der Waals surface area (Å²) in [5, 5.41) is 2.75. The summed E-state index contributed by atoms with van der Waals surface area (Å²) < 4.78 is 33.2. The molecule has 0 aromatic heterocycles. The first-order valence-electron chi connectivity index (χ1n) is 8.41. The van der Waals surface area contributed by atoms with Gasteiger partial charge in [0.1, 0.15) is 0 Å². The molecular formula is C19H23BrN2O4S. The lowest BCUT2D eigenvalue weighted by atomic mass is 10.2. The topological polar surface area (TPSA) is 75.7 Å². The third-order valence-corrected chi connectivity index (χ3v) is 6.13. The number of carbonyl (C=O) groups is 1. The van der Waals surface area contributed by atoms with Crippen molar-refractivity contribution in [2.75, 3.05) is 20.3 Å². The zero-order valence-electron chi connectivity index (χ0n) is 15.3. The third kappa shape index (κ3) is 6.42. The minimum atomic E-state index is -3.84. The van der Waals surface area contributed by atoms with Crippen molar-refractivity contribution in [2.24, 2.45) is 0 Å². The molecule has 146 valence electrons. The van der Waals surface area contributed by atoms with E-state index < -0.39 is 10.0 Å². The lowest BCUT2D eigenvalue weighted by Gasteiger charge is -2.23. The molecule has 2 aromatic rings. The van der Waals surface area contributed by atoms with Crippen LogP contribution < -0.4 is 5.32 Å². The molecule has 1 atom stereocenters. The fourth-order valence-electron chi connectivity index (χ4n) is 2.54. The molecule has 0 saturated carbocycles. The second-order valence-electron chi connectivity index (χ2n) is 6.14. The Morgan fingerprint density at radius 2 is 1.78 bits per heavy atom. The van der Waals surface area contributed by atoms with Gasteiger partial charge in [0.05, 0.1) is 18.0 Å². The molecule has 0 bridgehead atoms. The van der Waals surface area contributed by atoms with Crippen molar-refractivity contribution < 1.29 is 17.9 Å². The van der Waals surface area contributed by atoms with E-state index in [1.54, 1.807) is 26.2 Å². The van der Waals surface area contributed by atoms with Crippen LogP contribution in [0.3, 0.4) is 0 Å². The molecule has 0 saturated heterocycles. The highest BCUT2D eigenvalue weighted by Crippen LogP contribution is 2.20. The molecule has 27 heavy (non-hydrogen) atoms. The van der Waals surface area contributed by atoms with E-state index in [-0.39, 0.29) is 29.9 Å². The Labute approximate surface area is 168 Å². The molecular weight excluding hydrogens is 432 g/mol. The Morgan fingerprint density at radius 1 is 1.15 bits per heavy atom. The Hall–Kier alpha value is -1.74. The summed E-state index contributed by atoms with van der Waals surface area (Å²) in [7, 11) is -2.29. The number of carbonyl (C=O) groups excluding carboxylic acids is 1. The summed E-state index contributed by atoms with van der Waals surface area (Å²) in [5.41, 5.74) is 0.802. The van der Waals surface area contributed by atoms with E-state index in [0.717, 1.165) is 10.0 Å². The summed E-state index contributed by atoms with van der Waals surface area (Å²) in [6.07, 6.45) is 0. The van der Waals surface area contributed by atoms with Gasteiger partial charge in [0.25, 0.3) is 0 Å². The standard InChI is InChI=1S/C19H23BrN2O4S/c1-15(14-26-2)21-19(23)13-22(12-16-6-4-3-5-7-16)27(24,25)18-10-8-17(20)9-11-18/h3-11,15H,12-14H2,1-2H3,(H,21,23)/t15-/m0/s1. The Morgan fingerprint density at radius 3 is 2.37 bits per heavy atom. The molecule has 0 aliphatic carbocycles. The van der Waals surface area contributed by atoms with Gasteiger partial charge in [0.2, 0.25) is 15.9 Å². The molecule has 0 unspecified atom stereocenters. The average molecular weight is 455 g/mol. The maximum absolute atomic E-state index is 13.1. The van der Waals surface area contributed by atoms with E-state index in [2.05, 4.69) is 21.2 Å². The van der Waals surface area contributed by atoms with Crippen LogP contribution in [0.1, 0.15) is 12.5 Å². The van der Waals surface area contributed by atoms with Crippen LogP contribution in [0.4, 0.5) is 0 Å². The fourth-order valence-corrected chi connectivity index (χ4v) is 4.19. The Bertz CT molecular complexity index is 842. The van der Waals surface area contributed by atoms with E-state index >= 15 is 0 Å². The largest absolute Gasteiger partial charge is 0.383 e. The summed E-state index contributed by atoms with van der Waals surface area (Å²) >= 11 is 3.30. The van der Waals surface area contributed by atoms with Gasteiger partial charge in [0, 0.05) is 24.2 Å². The number of nitrogens with one attached hydrogen (secondary N) is 1. The summed E-state index contributed by atoms with van der Waals surface area (Å²) in [5.74, 6) is -0.379. The predicted molar refractivity (Wildman–Crippen MR) is 108 cm³/mol. The Kier molecular flexibility index (Phi) is 7.97. The molecule has 8 heteroatoms. The molecule has 0 aliphatic heterocycles. The minimum absolute atomic E-state index is 0.102. The van der Waals surface area contributed by atoms with Gasteiger partial charge in [-0.25, -0.2) is 8.42 Å². The van der Waals surface area contributed by atoms with Gasteiger partial charge >= 0.3 is 0 Å². The maximum Gasteiger partial charge on any atom is 0.243 e. The van der Waals surface area contributed by atoms with Crippen molar-refractivity contribution in [3.8, 4) is 0 Å². The van der Waals surface area contributed by atoms with E-state index in [4.69, 9.17) is 4.74 Å². The van der Waals surface area contributed by atoms with E-state index in [1.807, 2.05) is 30.3 Å². The Balaban J connectivity index is 2.26. The molecule has 6 nitrogen and oxygen atoms in total. The van der Waals surface area contributed by atoms with Crippen LogP contribution in [0.15, 0.2) is 64.0 Å². The zero-order valence-corrected chi connectivity index (χ0v) is 17.7. The second-order valence-corrected chi connectivity index (χ2v) is 8.99. The summed E-state index contributed by atoms with van der Waals surface area (Å²) in [6, 6.07) is 15.3. The number of rotatable bonds is 9.